The first-order valence-electron chi connectivity index (χ1n) is 6.48. The zero-order valence-corrected chi connectivity index (χ0v) is 13.2. The molecule has 0 aliphatic heterocycles. The number of nitrogens with two attached hydrogens (primary N) is 1. The number of aryl methyl sites for hydroxylation is 3. The molecule has 0 bridgehead atoms. The highest BCUT2D eigenvalue weighted by atomic mass is 79.9. The maximum absolute atomic E-state index is 6.37. The molecule has 104 valence electrons. The Bertz CT molecular complexity index is 785. The normalized spacial score (nSPS) is 13.1. The molecule has 4 heteroatoms. The highest BCUT2D eigenvalue weighted by Gasteiger charge is 2.22. The molecule has 0 fully saturated rings. The summed E-state index contributed by atoms with van der Waals surface area (Å²) in [6.07, 6.45) is 0. The van der Waals surface area contributed by atoms with E-state index in [1.54, 1.807) is 0 Å². The fourth-order valence-electron chi connectivity index (χ4n) is 2.62. The standard InChI is InChI=1S/C16H16BrNO2/c1-8-6-13(10(3)19-8)15(18)16-9(2)12-5-4-11(17)7-14(12)20-16/h4-7,15H,18H2,1-3H3. The van der Waals surface area contributed by atoms with Crippen LogP contribution in [-0.4, -0.2) is 0 Å². The van der Waals surface area contributed by atoms with Gasteiger partial charge in [-0.3, -0.25) is 0 Å². The molecule has 2 aromatic heterocycles. The lowest BCUT2D eigenvalue weighted by Gasteiger charge is -2.08. The van der Waals surface area contributed by atoms with Gasteiger partial charge in [-0.25, -0.2) is 0 Å². The molecule has 0 radical (unpaired) electrons. The first-order chi connectivity index (χ1) is 9.47. The molecule has 3 aromatic rings. The highest BCUT2D eigenvalue weighted by molar-refractivity contribution is 9.10. The van der Waals surface area contributed by atoms with Crippen LogP contribution in [-0.2, 0) is 0 Å². The van der Waals surface area contributed by atoms with Crippen molar-refractivity contribution >= 4 is 26.9 Å². The summed E-state index contributed by atoms with van der Waals surface area (Å²) in [5.41, 5.74) is 9.27. The minimum atomic E-state index is -0.307. The third kappa shape index (κ3) is 2.09. The van der Waals surface area contributed by atoms with Gasteiger partial charge in [0.05, 0.1) is 6.04 Å². The molecule has 0 aliphatic rings. The fourth-order valence-corrected chi connectivity index (χ4v) is 2.96. The van der Waals surface area contributed by atoms with E-state index in [2.05, 4.69) is 15.9 Å². The van der Waals surface area contributed by atoms with Crippen LogP contribution in [0, 0.1) is 20.8 Å². The van der Waals surface area contributed by atoms with Crippen molar-refractivity contribution in [2.75, 3.05) is 0 Å². The van der Waals surface area contributed by atoms with Gasteiger partial charge in [0, 0.05) is 21.0 Å². The van der Waals surface area contributed by atoms with Gasteiger partial charge in [0.25, 0.3) is 0 Å². The van der Waals surface area contributed by atoms with Gasteiger partial charge in [0.15, 0.2) is 0 Å². The number of hydrogen-bond acceptors (Lipinski definition) is 3. The SMILES string of the molecule is Cc1cc(C(N)c2oc3cc(Br)ccc3c2C)c(C)o1. The van der Waals surface area contributed by atoms with E-state index < -0.39 is 0 Å². The van der Waals surface area contributed by atoms with Crippen molar-refractivity contribution < 1.29 is 8.83 Å². The Kier molecular flexibility index (Phi) is 3.22. The Labute approximate surface area is 125 Å². The van der Waals surface area contributed by atoms with Crippen LogP contribution in [0.1, 0.15) is 34.4 Å². The molecule has 0 aliphatic carbocycles. The predicted octanol–water partition coefficient (Wildman–Crippen LogP) is 4.76. The third-order valence-corrected chi connectivity index (χ3v) is 4.13. The van der Waals surface area contributed by atoms with Crippen molar-refractivity contribution in [1.82, 2.24) is 0 Å². The lowest BCUT2D eigenvalue weighted by atomic mass is 10.0. The van der Waals surface area contributed by atoms with Crippen molar-refractivity contribution in [3.63, 3.8) is 0 Å². The number of halogens is 1. The number of fused-ring (bicyclic) bond motifs is 1. The molecule has 3 nitrogen and oxygen atoms in total. The smallest absolute Gasteiger partial charge is 0.135 e. The maximum Gasteiger partial charge on any atom is 0.135 e. The topological polar surface area (TPSA) is 52.3 Å². The Balaban J connectivity index is 2.14. The van der Waals surface area contributed by atoms with Gasteiger partial charge in [-0.05, 0) is 45.0 Å². The van der Waals surface area contributed by atoms with Gasteiger partial charge in [-0.1, -0.05) is 15.9 Å². The molecule has 3 rings (SSSR count). The summed E-state index contributed by atoms with van der Waals surface area (Å²) in [6.45, 7) is 5.89. The minimum Gasteiger partial charge on any atom is -0.466 e. The molecule has 1 aromatic carbocycles. The van der Waals surface area contributed by atoms with E-state index in [9.17, 15) is 0 Å². The van der Waals surface area contributed by atoms with Crippen molar-refractivity contribution in [3.05, 3.63) is 57.1 Å². The zero-order chi connectivity index (χ0) is 14.4. The average Bonchev–Trinajstić information content (AvgIpc) is 2.89. The number of rotatable bonds is 2. The third-order valence-electron chi connectivity index (χ3n) is 3.63. The molecular formula is C16H16BrNO2. The van der Waals surface area contributed by atoms with Gasteiger partial charge < -0.3 is 14.6 Å². The summed E-state index contributed by atoms with van der Waals surface area (Å²) in [5.74, 6) is 2.50. The summed E-state index contributed by atoms with van der Waals surface area (Å²) in [5, 5.41) is 1.09. The summed E-state index contributed by atoms with van der Waals surface area (Å²) >= 11 is 3.46. The van der Waals surface area contributed by atoms with E-state index in [-0.39, 0.29) is 6.04 Å². The Morgan fingerprint density at radius 3 is 2.50 bits per heavy atom. The van der Waals surface area contributed by atoms with Crippen molar-refractivity contribution in [3.8, 4) is 0 Å². The second-order valence-electron chi connectivity index (χ2n) is 5.08. The molecule has 1 unspecified atom stereocenters. The number of benzene rings is 1. The predicted molar refractivity (Wildman–Crippen MR) is 82.9 cm³/mol. The minimum absolute atomic E-state index is 0.307. The zero-order valence-electron chi connectivity index (χ0n) is 11.7. The summed E-state index contributed by atoms with van der Waals surface area (Å²) in [4.78, 5) is 0. The van der Waals surface area contributed by atoms with Crippen LogP contribution < -0.4 is 5.73 Å². The Hall–Kier alpha value is -1.52. The Morgan fingerprint density at radius 2 is 1.85 bits per heavy atom. The second-order valence-corrected chi connectivity index (χ2v) is 5.99. The van der Waals surface area contributed by atoms with E-state index >= 15 is 0 Å². The molecule has 0 saturated carbocycles. The van der Waals surface area contributed by atoms with Gasteiger partial charge >= 0.3 is 0 Å². The molecular weight excluding hydrogens is 318 g/mol. The first-order valence-corrected chi connectivity index (χ1v) is 7.27. The van der Waals surface area contributed by atoms with E-state index in [1.165, 1.54) is 0 Å². The lowest BCUT2D eigenvalue weighted by Crippen LogP contribution is -2.12. The van der Waals surface area contributed by atoms with Gasteiger partial charge in [0.2, 0.25) is 0 Å². The Morgan fingerprint density at radius 1 is 1.10 bits per heavy atom. The summed E-state index contributed by atoms with van der Waals surface area (Å²) in [6, 6.07) is 7.68. The van der Waals surface area contributed by atoms with Crippen LogP contribution >= 0.6 is 15.9 Å². The van der Waals surface area contributed by atoms with Crippen molar-refractivity contribution in [2.45, 2.75) is 26.8 Å². The molecule has 20 heavy (non-hydrogen) atoms. The van der Waals surface area contributed by atoms with E-state index in [1.807, 2.05) is 45.0 Å². The highest BCUT2D eigenvalue weighted by Crippen LogP contribution is 2.34. The van der Waals surface area contributed by atoms with Crippen LogP contribution in [0.4, 0.5) is 0 Å². The molecule has 0 saturated heterocycles. The lowest BCUT2D eigenvalue weighted by molar-refractivity contribution is 0.488. The summed E-state index contributed by atoms with van der Waals surface area (Å²) < 4.78 is 12.5. The van der Waals surface area contributed by atoms with E-state index in [4.69, 9.17) is 14.6 Å². The van der Waals surface area contributed by atoms with Gasteiger partial charge in [-0.15, -0.1) is 0 Å². The van der Waals surface area contributed by atoms with E-state index in [0.717, 1.165) is 43.8 Å². The molecule has 2 heterocycles. The maximum atomic E-state index is 6.37. The fraction of sp³-hybridized carbons (Fsp3) is 0.250. The van der Waals surface area contributed by atoms with Gasteiger partial charge in [0.1, 0.15) is 22.9 Å². The quantitative estimate of drug-likeness (QED) is 0.735. The molecule has 1 atom stereocenters. The van der Waals surface area contributed by atoms with Gasteiger partial charge in [-0.2, -0.15) is 0 Å². The second kappa shape index (κ2) is 4.79. The summed E-state index contributed by atoms with van der Waals surface area (Å²) in [7, 11) is 0. The van der Waals surface area contributed by atoms with E-state index in [0.29, 0.717) is 0 Å². The number of furan rings is 2. The number of hydrogen-bond donors (Lipinski definition) is 1. The van der Waals surface area contributed by atoms with Crippen molar-refractivity contribution in [2.24, 2.45) is 5.73 Å². The van der Waals surface area contributed by atoms with Crippen LogP contribution in [0.15, 0.2) is 37.6 Å². The monoisotopic (exact) mass is 333 g/mol. The van der Waals surface area contributed by atoms with Crippen LogP contribution in [0.2, 0.25) is 0 Å². The average molecular weight is 334 g/mol. The first kappa shape index (κ1) is 13.5. The van der Waals surface area contributed by atoms with Crippen LogP contribution in [0.25, 0.3) is 11.0 Å². The largest absolute Gasteiger partial charge is 0.466 e. The van der Waals surface area contributed by atoms with Crippen molar-refractivity contribution in [1.29, 1.82) is 0 Å². The van der Waals surface area contributed by atoms with Crippen LogP contribution in [0.3, 0.4) is 0 Å². The molecule has 2 N–H and O–H groups in total. The van der Waals surface area contributed by atoms with Crippen LogP contribution in [0.5, 0.6) is 0 Å². The molecule has 0 amide bonds. The molecule has 0 spiro atoms.